The van der Waals surface area contributed by atoms with Gasteiger partial charge in [0, 0.05) is 38.3 Å². The van der Waals surface area contributed by atoms with Gasteiger partial charge in [-0.2, -0.15) is 23.5 Å². The number of rotatable bonds is 7. The average Bonchev–Trinajstić information content (AvgIpc) is 3.22. The second-order valence-corrected chi connectivity index (χ2v) is 8.74. The first kappa shape index (κ1) is 25.4. The van der Waals surface area contributed by atoms with Crippen molar-refractivity contribution in [3.05, 3.63) is 46.0 Å². The number of H-pyrrole nitrogens is 1. The zero-order valence-corrected chi connectivity index (χ0v) is 19.5. The van der Waals surface area contributed by atoms with Crippen LogP contribution in [0.2, 0.25) is 0 Å². The van der Waals surface area contributed by atoms with E-state index in [1.54, 1.807) is 11.2 Å². The summed E-state index contributed by atoms with van der Waals surface area (Å²) in [5.41, 5.74) is -2.36. The van der Waals surface area contributed by atoms with Crippen LogP contribution in [0.1, 0.15) is 37.3 Å². The summed E-state index contributed by atoms with van der Waals surface area (Å²) in [6.45, 7) is 3.34. The molecule has 2 unspecified atom stereocenters. The number of aromatic nitrogens is 3. The zero-order chi connectivity index (χ0) is 25.9. The summed E-state index contributed by atoms with van der Waals surface area (Å²) in [7, 11) is 0. The number of carbonyl (C=O) groups excluding carboxylic acids is 1. The van der Waals surface area contributed by atoms with Gasteiger partial charge >= 0.3 is 6.18 Å². The number of likely N-dealkylation sites (tertiary alicyclic amines) is 1. The van der Waals surface area contributed by atoms with E-state index in [0.717, 1.165) is 37.9 Å². The maximum atomic E-state index is 13.2. The summed E-state index contributed by atoms with van der Waals surface area (Å²) in [5, 5.41) is 14.0. The lowest BCUT2D eigenvalue weighted by atomic mass is 10.0. The van der Waals surface area contributed by atoms with E-state index in [-0.39, 0.29) is 18.6 Å². The summed E-state index contributed by atoms with van der Waals surface area (Å²) >= 11 is 0. The second kappa shape index (κ2) is 10.5. The fourth-order valence-corrected chi connectivity index (χ4v) is 4.48. The molecule has 1 N–H and O–H groups in total. The van der Waals surface area contributed by atoms with Crippen molar-refractivity contribution in [1.29, 1.82) is 5.26 Å². The van der Waals surface area contributed by atoms with Crippen LogP contribution in [0.3, 0.4) is 0 Å². The number of amides is 1. The number of nitriles is 1. The molecule has 4 heterocycles. The molecule has 2 aliphatic rings. The predicted octanol–water partition coefficient (Wildman–Crippen LogP) is 2.11. The highest BCUT2D eigenvalue weighted by atomic mass is 19.4. The average molecular weight is 506 g/mol. The van der Waals surface area contributed by atoms with E-state index in [0.29, 0.717) is 18.5 Å². The van der Waals surface area contributed by atoms with Gasteiger partial charge in [0.25, 0.3) is 11.5 Å². The van der Waals surface area contributed by atoms with Crippen molar-refractivity contribution < 1.29 is 27.4 Å². The minimum atomic E-state index is -4.90. The number of anilines is 1. The topological polar surface area (TPSA) is 124 Å². The molecule has 10 nitrogen and oxygen atoms in total. The summed E-state index contributed by atoms with van der Waals surface area (Å²) in [6.07, 6.45) is -2.13. The van der Waals surface area contributed by atoms with E-state index in [9.17, 15) is 22.8 Å². The number of piperidine rings is 1. The first-order valence-electron chi connectivity index (χ1n) is 11.5. The normalized spacial score (nSPS) is 19.9. The number of aromatic amines is 1. The fraction of sp³-hybridized carbons (Fsp3) is 0.522. The number of hydrogen-bond donors (Lipinski definition) is 1. The molecule has 13 heteroatoms. The van der Waals surface area contributed by atoms with Crippen molar-refractivity contribution in [2.24, 2.45) is 0 Å². The van der Waals surface area contributed by atoms with Crippen molar-refractivity contribution >= 4 is 11.7 Å². The molecule has 0 saturated carbocycles. The van der Waals surface area contributed by atoms with E-state index in [1.807, 2.05) is 17.0 Å². The number of hydrogen-bond acceptors (Lipinski definition) is 8. The molecule has 2 saturated heterocycles. The number of alkyl halides is 3. The number of nitrogens with zero attached hydrogens (tertiary/aromatic N) is 5. The number of carbonyl (C=O) groups is 1. The molecule has 192 valence electrons. The number of pyridine rings is 1. The van der Waals surface area contributed by atoms with Crippen LogP contribution in [-0.4, -0.2) is 70.5 Å². The van der Waals surface area contributed by atoms with Crippen molar-refractivity contribution in [3.63, 3.8) is 0 Å². The number of nitrogens with one attached hydrogen (secondary N) is 1. The van der Waals surface area contributed by atoms with Crippen molar-refractivity contribution in [2.45, 2.75) is 50.6 Å². The molecule has 36 heavy (non-hydrogen) atoms. The molecule has 4 rings (SSSR count). The molecule has 0 aliphatic carbocycles. The highest BCUT2D eigenvalue weighted by Gasteiger charge is 2.40. The van der Waals surface area contributed by atoms with Gasteiger partial charge in [-0.05, 0) is 31.9 Å². The van der Waals surface area contributed by atoms with E-state index in [1.165, 1.54) is 13.1 Å². The maximum Gasteiger partial charge on any atom is 0.425 e. The molecule has 2 aliphatic heterocycles. The van der Waals surface area contributed by atoms with Crippen LogP contribution >= 0.6 is 0 Å². The molecule has 0 bridgehead atoms. The van der Waals surface area contributed by atoms with Gasteiger partial charge in [-0.3, -0.25) is 9.59 Å². The molecule has 0 spiro atoms. The lowest BCUT2D eigenvalue weighted by molar-refractivity contribution is -0.141. The van der Waals surface area contributed by atoms with Crippen LogP contribution in [-0.2, 0) is 15.7 Å². The van der Waals surface area contributed by atoms with Crippen molar-refractivity contribution in [1.82, 2.24) is 20.1 Å². The van der Waals surface area contributed by atoms with Crippen LogP contribution in [0.4, 0.5) is 19.0 Å². The quantitative estimate of drug-likeness (QED) is 0.606. The first-order valence-corrected chi connectivity index (χ1v) is 11.5. The monoisotopic (exact) mass is 506 g/mol. The zero-order valence-electron chi connectivity index (χ0n) is 19.5. The van der Waals surface area contributed by atoms with E-state index in [4.69, 9.17) is 14.7 Å². The largest absolute Gasteiger partial charge is 0.486 e. The van der Waals surface area contributed by atoms with Crippen LogP contribution in [0.5, 0.6) is 5.75 Å². The number of ether oxygens (including phenoxy) is 2. The van der Waals surface area contributed by atoms with Gasteiger partial charge < -0.3 is 19.3 Å². The standard InChI is InChI=1S/C23H25F3N6O4/c1-14(36-18-12-29-30-21(33)20(18)23(24,25)26)13-35-17-6-9-32(22(17)34)16-4-7-31(8-5-16)19-3-2-15(10-27)11-28-19/h2-3,11-12,14,16-17H,4-9,13H2,1H3,(H,30,33). The van der Waals surface area contributed by atoms with Crippen LogP contribution in [0, 0.1) is 11.3 Å². The van der Waals surface area contributed by atoms with Gasteiger partial charge in [0.2, 0.25) is 0 Å². The van der Waals surface area contributed by atoms with Gasteiger partial charge in [-0.25, -0.2) is 10.1 Å². The lowest BCUT2D eigenvalue weighted by Crippen LogP contribution is -2.47. The Morgan fingerprint density at radius 3 is 2.58 bits per heavy atom. The van der Waals surface area contributed by atoms with Gasteiger partial charge in [-0.1, -0.05) is 0 Å². The molecule has 0 radical (unpaired) electrons. The first-order chi connectivity index (χ1) is 17.2. The minimum Gasteiger partial charge on any atom is -0.486 e. The SMILES string of the molecule is CC(COC1CCN(C2CCN(c3ccc(C#N)cn3)CC2)C1=O)Oc1cn[nH]c(=O)c1C(F)(F)F. The molecule has 2 aromatic rings. The van der Waals surface area contributed by atoms with E-state index < -0.39 is 35.3 Å². The third-order valence-corrected chi connectivity index (χ3v) is 6.26. The van der Waals surface area contributed by atoms with Gasteiger partial charge in [0.1, 0.15) is 24.1 Å². The molecule has 2 atom stereocenters. The maximum absolute atomic E-state index is 13.2. The van der Waals surface area contributed by atoms with Crippen molar-refractivity contribution in [2.75, 3.05) is 31.1 Å². The number of halogens is 3. The van der Waals surface area contributed by atoms with Gasteiger partial charge in [-0.15, -0.1) is 0 Å². The summed E-state index contributed by atoms with van der Waals surface area (Å²) in [6, 6.07) is 5.64. The Hall–Kier alpha value is -3.66. The molecule has 2 fully saturated rings. The Bertz CT molecular complexity index is 1170. The third-order valence-electron chi connectivity index (χ3n) is 6.26. The van der Waals surface area contributed by atoms with Crippen LogP contribution < -0.4 is 15.2 Å². The Morgan fingerprint density at radius 1 is 1.19 bits per heavy atom. The Labute approximate surface area is 204 Å². The van der Waals surface area contributed by atoms with E-state index >= 15 is 0 Å². The smallest absolute Gasteiger partial charge is 0.425 e. The van der Waals surface area contributed by atoms with Crippen molar-refractivity contribution in [3.8, 4) is 11.8 Å². The minimum absolute atomic E-state index is 0.0610. The summed E-state index contributed by atoms with van der Waals surface area (Å²) < 4.78 is 50.5. The molecule has 0 aromatic carbocycles. The second-order valence-electron chi connectivity index (χ2n) is 8.74. The molecular weight excluding hydrogens is 481 g/mol. The van der Waals surface area contributed by atoms with Gasteiger partial charge in [0.05, 0.1) is 18.4 Å². The molecular formula is C23H25F3N6O4. The Morgan fingerprint density at radius 2 is 1.94 bits per heavy atom. The fourth-order valence-electron chi connectivity index (χ4n) is 4.48. The molecule has 1 amide bonds. The predicted molar refractivity (Wildman–Crippen MR) is 120 cm³/mol. The Balaban J connectivity index is 1.27. The highest BCUT2D eigenvalue weighted by Crippen LogP contribution is 2.33. The van der Waals surface area contributed by atoms with E-state index in [2.05, 4.69) is 15.0 Å². The van der Waals surface area contributed by atoms with Crippen LogP contribution in [0.15, 0.2) is 29.3 Å². The lowest BCUT2D eigenvalue weighted by Gasteiger charge is -2.37. The third kappa shape index (κ3) is 5.59. The summed E-state index contributed by atoms with van der Waals surface area (Å²) in [5.74, 6) is -0.0455. The Kier molecular flexibility index (Phi) is 7.44. The highest BCUT2D eigenvalue weighted by molar-refractivity contribution is 5.83. The van der Waals surface area contributed by atoms with Gasteiger partial charge in [0.15, 0.2) is 11.3 Å². The molecule has 2 aromatic heterocycles. The van der Waals surface area contributed by atoms with Crippen LogP contribution in [0.25, 0.3) is 0 Å². The summed E-state index contributed by atoms with van der Waals surface area (Å²) in [4.78, 5) is 32.7.